The van der Waals surface area contributed by atoms with Crippen molar-refractivity contribution in [3.8, 4) is 0 Å². The van der Waals surface area contributed by atoms with Crippen LogP contribution in [0.25, 0.3) is 6.08 Å². The second-order valence-electron chi connectivity index (χ2n) is 4.66. The molecule has 0 bridgehead atoms. The van der Waals surface area contributed by atoms with Gasteiger partial charge in [0.1, 0.15) is 0 Å². The molecule has 2 rings (SSSR count). The molecule has 1 aliphatic rings. The lowest BCUT2D eigenvalue weighted by Gasteiger charge is -2.24. The van der Waals surface area contributed by atoms with E-state index in [1.165, 1.54) is 32.1 Å². The Hall–Kier alpha value is -1.08. The molecule has 0 radical (unpaired) electrons. The summed E-state index contributed by atoms with van der Waals surface area (Å²) in [5.41, 5.74) is 1.16. The van der Waals surface area contributed by atoms with E-state index in [1.807, 2.05) is 30.4 Å². The van der Waals surface area contributed by atoms with Crippen LogP contribution in [0.15, 0.2) is 36.4 Å². The van der Waals surface area contributed by atoms with E-state index in [9.17, 15) is 5.11 Å². The fraction of sp³-hybridized carbons (Fsp3) is 0.467. The SMILES string of the molecule is OC(/C=C/c1ccccc1)C1CCCCC1. The second-order valence-corrected chi connectivity index (χ2v) is 4.66. The first-order chi connectivity index (χ1) is 7.86. The average Bonchev–Trinajstić information content (AvgIpc) is 2.38. The highest BCUT2D eigenvalue weighted by Gasteiger charge is 2.19. The number of rotatable bonds is 3. The van der Waals surface area contributed by atoms with Gasteiger partial charge in [0.2, 0.25) is 0 Å². The summed E-state index contributed by atoms with van der Waals surface area (Å²) < 4.78 is 0. The number of hydrogen-bond acceptors (Lipinski definition) is 1. The largest absolute Gasteiger partial charge is 0.389 e. The lowest BCUT2D eigenvalue weighted by Crippen LogP contribution is -2.20. The van der Waals surface area contributed by atoms with Crippen molar-refractivity contribution in [1.82, 2.24) is 0 Å². The first-order valence-corrected chi connectivity index (χ1v) is 6.27. The van der Waals surface area contributed by atoms with Gasteiger partial charge in [0.15, 0.2) is 0 Å². The predicted molar refractivity (Wildman–Crippen MR) is 68.1 cm³/mol. The minimum atomic E-state index is -0.263. The molecular formula is C15H20O. The monoisotopic (exact) mass is 216 g/mol. The second kappa shape index (κ2) is 5.86. The first-order valence-electron chi connectivity index (χ1n) is 6.27. The Morgan fingerprint density at radius 3 is 2.44 bits per heavy atom. The molecule has 1 aliphatic carbocycles. The fourth-order valence-electron chi connectivity index (χ4n) is 2.41. The van der Waals surface area contributed by atoms with E-state index in [2.05, 4.69) is 12.1 Å². The van der Waals surface area contributed by atoms with Crippen LogP contribution in [-0.2, 0) is 0 Å². The molecule has 0 saturated heterocycles. The van der Waals surface area contributed by atoms with Gasteiger partial charge < -0.3 is 5.11 Å². The summed E-state index contributed by atoms with van der Waals surface area (Å²) >= 11 is 0. The molecule has 1 saturated carbocycles. The molecule has 1 nitrogen and oxygen atoms in total. The Morgan fingerprint density at radius 2 is 1.75 bits per heavy atom. The maximum Gasteiger partial charge on any atom is 0.0752 e. The first kappa shape index (κ1) is 11.4. The van der Waals surface area contributed by atoms with Crippen molar-refractivity contribution in [2.24, 2.45) is 5.92 Å². The van der Waals surface area contributed by atoms with E-state index in [1.54, 1.807) is 0 Å². The van der Waals surface area contributed by atoms with Crippen LogP contribution in [0, 0.1) is 5.92 Å². The molecule has 0 heterocycles. The van der Waals surface area contributed by atoms with Gasteiger partial charge in [-0.15, -0.1) is 0 Å². The maximum absolute atomic E-state index is 10.0. The smallest absolute Gasteiger partial charge is 0.0752 e. The average molecular weight is 216 g/mol. The highest BCUT2D eigenvalue weighted by molar-refractivity contribution is 5.49. The van der Waals surface area contributed by atoms with Gasteiger partial charge in [0, 0.05) is 0 Å². The van der Waals surface area contributed by atoms with Crippen molar-refractivity contribution < 1.29 is 5.11 Å². The molecule has 0 spiro atoms. The Balaban J connectivity index is 1.91. The van der Waals surface area contributed by atoms with Crippen molar-refractivity contribution in [3.05, 3.63) is 42.0 Å². The van der Waals surface area contributed by atoms with Gasteiger partial charge in [-0.2, -0.15) is 0 Å². The standard InChI is InChI=1S/C15H20O/c16-15(14-9-5-2-6-10-14)12-11-13-7-3-1-4-8-13/h1,3-4,7-8,11-12,14-16H,2,5-6,9-10H2/b12-11+. The predicted octanol–water partition coefficient (Wildman–Crippen LogP) is 3.64. The molecule has 86 valence electrons. The summed E-state index contributed by atoms with van der Waals surface area (Å²) in [6.07, 6.45) is 9.97. The van der Waals surface area contributed by atoms with Crippen molar-refractivity contribution >= 4 is 6.08 Å². The van der Waals surface area contributed by atoms with E-state index in [0.717, 1.165) is 5.56 Å². The Bertz CT molecular complexity index is 323. The third kappa shape index (κ3) is 3.21. The molecule has 1 aromatic carbocycles. The molecule has 1 aromatic rings. The summed E-state index contributed by atoms with van der Waals surface area (Å²) in [6.45, 7) is 0. The quantitative estimate of drug-likeness (QED) is 0.817. The molecule has 1 fully saturated rings. The normalized spacial score (nSPS) is 20.1. The Labute approximate surface area is 97.8 Å². The van der Waals surface area contributed by atoms with Crippen molar-refractivity contribution in [2.45, 2.75) is 38.2 Å². The van der Waals surface area contributed by atoms with Gasteiger partial charge in [0.25, 0.3) is 0 Å². The zero-order valence-electron chi connectivity index (χ0n) is 9.68. The van der Waals surface area contributed by atoms with Crippen LogP contribution in [0.1, 0.15) is 37.7 Å². The molecule has 1 heteroatoms. The summed E-state index contributed by atoms with van der Waals surface area (Å²) in [4.78, 5) is 0. The van der Waals surface area contributed by atoms with Crippen molar-refractivity contribution in [3.63, 3.8) is 0 Å². The fourth-order valence-corrected chi connectivity index (χ4v) is 2.41. The number of aliphatic hydroxyl groups excluding tert-OH is 1. The number of hydrogen-bond donors (Lipinski definition) is 1. The van der Waals surface area contributed by atoms with Crippen LogP contribution in [0.4, 0.5) is 0 Å². The molecule has 1 unspecified atom stereocenters. The lowest BCUT2D eigenvalue weighted by molar-refractivity contribution is 0.126. The topological polar surface area (TPSA) is 20.2 Å². The third-order valence-electron chi connectivity index (χ3n) is 3.42. The number of aliphatic hydroxyl groups is 1. The Kier molecular flexibility index (Phi) is 4.17. The van der Waals surface area contributed by atoms with Crippen LogP contribution in [0.5, 0.6) is 0 Å². The summed E-state index contributed by atoms with van der Waals surface area (Å²) in [5.74, 6) is 0.480. The minimum absolute atomic E-state index is 0.263. The van der Waals surface area contributed by atoms with Crippen LogP contribution >= 0.6 is 0 Å². The molecule has 0 amide bonds. The molecule has 1 atom stereocenters. The highest BCUT2D eigenvalue weighted by atomic mass is 16.3. The molecule has 0 aromatic heterocycles. The summed E-state index contributed by atoms with van der Waals surface area (Å²) in [6, 6.07) is 10.2. The van der Waals surface area contributed by atoms with E-state index >= 15 is 0 Å². The van der Waals surface area contributed by atoms with E-state index < -0.39 is 0 Å². The molecule has 1 N–H and O–H groups in total. The maximum atomic E-state index is 10.0. The molecular weight excluding hydrogens is 196 g/mol. The third-order valence-corrected chi connectivity index (χ3v) is 3.42. The van der Waals surface area contributed by atoms with Crippen molar-refractivity contribution in [1.29, 1.82) is 0 Å². The van der Waals surface area contributed by atoms with Gasteiger partial charge in [-0.3, -0.25) is 0 Å². The van der Waals surface area contributed by atoms with Gasteiger partial charge >= 0.3 is 0 Å². The summed E-state index contributed by atoms with van der Waals surface area (Å²) in [5, 5.41) is 10.0. The zero-order chi connectivity index (χ0) is 11.2. The van der Waals surface area contributed by atoms with E-state index in [0.29, 0.717) is 5.92 Å². The number of benzene rings is 1. The zero-order valence-corrected chi connectivity index (χ0v) is 9.68. The van der Waals surface area contributed by atoms with Crippen LogP contribution in [0.2, 0.25) is 0 Å². The van der Waals surface area contributed by atoms with Crippen molar-refractivity contribution in [2.75, 3.05) is 0 Å². The minimum Gasteiger partial charge on any atom is -0.389 e. The summed E-state index contributed by atoms with van der Waals surface area (Å²) in [7, 11) is 0. The van der Waals surface area contributed by atoms with Gasteiger partial charge in [-0.1, -0.05) is 61.7 Å². The highest BCUT2D eigenvalue weighted by Crippen LogP contribution is 2.27. The van der Waals surface area contributed by atoms with Gasteiger partial charge in [-0.05, 0) is 24.3 Å². The lowest BCUT2D eigenvalue weighted by atomic mass is 9.85. The van der Waals surface area contributed by atoms with Crippen LogP contribution in [0.3, 0.4) is 0 Å². The van der Waals surface area contributed by atoms with Crippen LogP contribution in [-0.4, -0.2) is 11.2 Å². The molecule has 0 aliphatic heterocycles. The van der Waals surface area contributed by atoms with E-state index in [4.69, 9.17) is 0 Å². The van der Waals surface area contributed by atoms with Crippen LogP contribution < -0.4 is 0 Å². The Morgan fingerprint density at radius 1 is 1.06 bits per heavy atom. The van der Waals surface area contributed by atoms with E-state index in [-0.39, 0.29) is 6.10 Å². The van der Waals surface area contributed by atoms with Gasteiger partial charge in [0.05, 0.1) is 6.10 Å². The molecule has 16 heavy (non-hydrogen) atoms. The van der Waals surface area contributed by atoms with Gasteiger partial charge in [-0.25, -0.2) is 0 Å².